The molecular weight excluding hydrogens is 413 g/mol. The van der Waals surface area contributed by atoms with E-state index in [1.54, 1.807) is 6.07 Å². The summed E-state index contributed by atoms with van der Waals surface area (Å²) in [7, 11) is 0. The van der Waals surface area contributed by atoms with Crippen molar-refractivity contribution in [1.29, 1.82) is 0 Å². The van der Waals surface area contributed by atoms with Gasteiger partial charge in [0.05, 0.1) is 18.9 Å². The molecule has 4 rings (SSSR count). The summed E-state index contributed by atoms with van der Waals surface area (Å²) in [6, 6.07) is 4.08. The van der Waals surface area contributed by atoms with E-state index >= 15 is 0 Å². The lowest BCUT2D eigenvalue weighted by Crippen LogP contribution is -2.37. The topological polar surface area (TPSA) is 93.4 Å². The van der Waals surface area contributed by atoms with E-state index in [0.29, 0.717) is 36.7 Å². The number of nitrogens with zero attached hydrogens (tertiary/aromatic N) is 4. The Morgan fingerprint density at radius 1 is 1.30 bits per heavy atom. The number of halogens is 2. The number of fused-ring (bicyclic) bond motifs is 1. The van der Waals surface area contributed by atoms with Crippen molar-refractivity contribution in [3.05, 3.63) is 46.1 Å². The van der Waals surface area contributed by atoms with Gasteiger partial charge in [-0.25, -0.2) is 9.37 Å². The molecule has 1 saturated heterocycles. The van der Waals surface area contributed by atoms with E-state index in [2.05, 4.69) is 25.3 Å². The molecule has 1 aromatic carbocycles. The van der Waals surface area contributed by atoms with E-state index in [-0.39, 0.29) is 23.9 Å². The largest absolute Gasteiger partial charge is 0.378 e. The first-order valence-corrected chi connectivity index (χ1v) is 10.1. The second-order valence-corrected chi connectivity index (χ2v) is 7.43. The highest BCUT2D eigenvalue weighted by Crippen LogP contribution is 2.27. The summed E-state index contributed by atoms with van der Waals surface area (Å²) < 4.78 is 23.9. The average molecular weight is 434 g/mol. The van der Waals surface area contributed by atoms with Crippen LogP contribution in [-0.4, -0.2) is 47.3 Å². The number of hydrogen-bond donors (Lipinski definition) is 1. The Kier molecular flexibility index (Phi) is 6.10. The van der Waals surface area contributed by atoms with Crippen LogP contribution in [0, 0.1) is 12.7 Å². The standard InChI is InChI=1S/C20H21ClFN5O3/c1-12-18-19(27-6-8-29-9-7-27)24-16(25-20(18)30-26-12)4-5-17(28)23-11-13-2-3-14(22)10-15(13)21/h2-3,10H,4-9,11H2,1H3,(H,23,28). The molecule has 158 valence electrons. The molecule has 1 N–H and O–H groups in total. The van der Waals surface area contributed by atoms with Crippen LogP contribution in [0.3, 0.4) is 0 Å². The average Bonchev–Trinajstić information content (AvgIpc) is 3.12. The Balaban J connectivity index is 1.44. The molecule has 1 aliphatic heterocycles. The highest BCUT2D eigenvalue weighted by atomic mass is 35.5. The molecule has 0 aliphatic carbocycles. The number of rotatable bonds is 6. The predicted octanol–water partition coefficient (Wildman–Crippen LogP) is 2.80. The maximum absolute atomic E-state index is 13.1. The minimum Gasteiger partial charge on any atom is -0.378 e. The Morgan fingerprint density at radius 3 is 2.87 bits per heavy atom. The molecule has 0 atom stereocenters. The van der Waals surface area contributed by atoms with Gasteiger partial charge in [-0.2, -0.15) is 4.98 Å². The third-order valence-electron chi connectivity index (χ3n) is 4.91. The zero-order valence-corrected chi connectivity index (χ0v) is 17.2. The van der Waals surface area contributed by atoms with Crippen LogP contribution in [0.2, 0.25) is 5.02 Å². The van der Waals surface area contributed by atoms with Gasteiger partial charge >= 0.3 is 0 Å². The van der Waals surface area contributed by atoms with Crippen molar-refractivity contribution in [3.63, 3.8) is 0 Å². The Bertz CT molecular complexity index is 1070. The first-order chi connectivity index (χ1) is 14.5. The first-order valence-electron chi connectivity index (χ1n) is 9.67. The molecule has 0 saturated carbocycles. The fraction of sp³-hybridized carbons (Fsp3) is 0.400. The van der Waals surface area contributed by atoms with Crippen LogP contribution in [0.15, 0.2) is 22.7 Å². The van der Waals surface area contributed by atoms with Crippen LogP contribution >= 0.6 is 11.6 Å². The maximum atomic E-state index is 13.1. The predicted molar refractivity (Wildman–Crippen MR) is 109 cm³/mol. The number of ether oxygens (including phenoxy) is 1. The van der Waals surface area contributed by atoms with Crippen molar-refractivity contribution in [3.8, 4) is 0 Å². The summed E-state index contributed by atoms with van der Waals surface area (Å²) in [5, 5.41) is 7.86. The molecule has 0 bridgehead atoms. The van der Waals surface area contributed by atoms with Crippen LogP contribution in [-0.2, 0) is 22.5 Å². The second-order valence-electron chi connectivity index (χ2n) is 7.02. The number of hydrogen-bond acceptors (Lipinski definition) is 7. The van der Waals surface area contributed by atoms with Gasteiger partial charge in [-0.05, 0) is 24.6 Å². The second kappa shape index (κ2) is 8.93. The van der Waals surface area contributed by atoms with Gasteiger partial charge in [0.1, 0.15) is 22.8 Å². The van der Waals surface area contributed by atoms with E-state index < -0.39 is 5.82 Å². The molecule has 0 spiro atoms. The van der Waals surface area contributed by atoms with Gasteiger partial charge in [0.2, 0.25) is 5.91 Å². The highest BCUT2D eigenvalue weighted by Gasteiger charge is 2.21. The number of morpholine rings is 1. The SMILES string of the molecule is Cc1noc2nc(CCC(=O)NCc3ccc(F)cc3Cl)nc(N3CCOCC3)c12. The lowest BCUT2D eigenvalue weighted by Gasteiger charge is -2.28. The molecule has 10 heteroatoms. The van der Waals surface area contributed by atoms with E-state index in [0.717, 1.165) is 30.0 Å². The van der Waals surface area contributed by atoms with Gasteiger partial charge in [-0.3, -0.25) is 4.79 Å². The van der Waals surface area contributed by atoms with Crippen molar-refractivity contribution in [1.82, 2.24) is 20.4 Å². The van der Waals surface area contributed by atoms with Crippen molar-refractivity contribution >= 4 is 34.4 Å². The molecule has 30 heavy (non-hydrogen) atoms. The summed E-state index contributed by atoms with van der Waals surface area (Å²) in [5.41, 5.74) is 1.79. The third kappa shape index (κ3) is 4.52. The smallest absolute Gasteiger partial charge is 0.263 e. The molecule has 8 nitrogen and oxygen atoms in total. The molecule has 3 aromatic rings. The van der Waals surface area contributed by atoms with E-state index in [1.165, 1.54) is 12.1 Å². The van der Waals surface area contributed by atoms with Crippen LogP contribution < -0.4 is 10.2 Å². The molecule has 1 fully saturated rings. The number of carbonyl (C=O) groups excluding carboxylic acids is 1. The summed E-state index contributed by atoms with van der Waals surface area (Å²) in [4.78, 5) is 23.5. The minimum absolute atomic E-state index is 0.180. The fourth-order valence-electron chi connectivity index (χ4n) is 3.30. The molecular formula is C20H21ClFN5O3. The quantitative estimate of drug-likeness (QED) is 0.638. The van der Waals surface area contributed by atoms with Gasteiger partial charge in [0, 0.05) is 37.5 Å². The zero-order chi connectivity index (χ0) is 21.1. The number of carbonyl (C=O) groups is 1. The summed E-state index contributed by atoms with van der Waals surface area (Å²) >= 11 is 5.99. The third-order valence-corrected chi connectivity index (χ3v) is 5.26. The summed E-state index contributed by atoms with van der Waals surface area (Å²) in [6.07, 6.45) is 0.538. The van der Waals surface area contributed by atoms with Crippen LogP contribution in [0.5, 0.6) is 0 Å². The maximum Gasteiger partial charge on any atom is 0.263 e. The monoisotopic (exact) mass is 433 g/mol. The Labute approximate surface area is 177 Å². The molecule has 2 aromatic heterocycles. The van der Waals surface area contributed by atoms with Crippen LogP contribution in [0.1, 0.15) is 23.5 Å². The van der Waals surface area contributed by atoms with Gasteiger partial charge in [-0.1, -0.05) is 22.8 Å². The highest BCUT2D eigenvalue weighted by molar-refractivity contribution is 6.31. The van der Waals surface area contributed by atoms with Gasteiger partial charge < -0.3 is 19.5 Å². The normalized spacial score (nSPS) is 14.3. The fourth-order valence-corrected chi connectivity index (χ4v) is 3.53. The van der Waals surface area contributed by atoms with E-state index in [4.69, 9.17) is 20.9 Å². The molecule has 3 heterocycles. The molecule has 1 amide bonds. The summed E-state index contributed by atoms with van der Waals surface area (Å²) in [5.74, 6) is 0.674. The zero-order valence-electron chi connectivity index (χ0n) is 16.5. The first kappa shape index (κ1) is 20.5. The summed E-state index contributed by atoms with van der Waals surface area (Å²) in [6.45, 7) is 4.76. The van der Waals surface area contributed by atoms with Crippen molar-refractivity contribution in [2.24, 2.45) is 0 Å². The van der Waals surface area contributed by atoms with E-state index in [9.17, 15) is 9.18 Å². The number of aromatic nitrogens is 3. The number of anilines is 1. The van der Waals surface area contributed by atoms with Crippen molar-refractivity contribution in [2.45, 2.75) is 26.3 Å². The van der Waals surface area contributed by atoms with Crippen LogP contribution in [0.25, 0.3) is 11.1 Å². The van der Waals surface area contributed by atoms with Crippen LogP contribution in [0.4, 0.5) is 10.2 Å². The Hall–Kier alpha value is -2.78. The van der Waals surface area contributed by atoms with Gasteiger partial charge in [-0.15, -0.1) is 0 Å². The lowest BCUT2D eigenvalue weighted by atomic mass is 10.2. The molecule has 0 radical (unpaired) electrons. The van der Waals surface area contributed by atoms with Crippen molar-refractivity contribution < 1.29 is 18.4 Å². The molecule has 1 aliphatic rings. The number of benzene rings is 1. The number of aryl methyl sites for hydroxylation is 2. The van der Waals surface area contributed by atoms with Gasteiger partial charge in [0.15, 0.2) is 0 Å². The Morgan fingerprint density at radius 2 is 2.10 bits per heavy atom. The number of nitrogens with one attached hydrogen (secondary N) is 1. The number of amides is 1. The van der Waals surface area contributed by atoms with E-state index in [1.807, 2.05) is 6.92 Å². The van der Waals surface area contributed by atoms with Gasteiger partial charge in [0.25, 0.3) is 5.71 Å². The lowest BCUT2D eigenvalue weighted by molar-refractivity contribution is -0.121. The minimum atomic E-state index is -0.415. The van der Waals surface area contributed by atoms with Crippen molar-refractivity contribution in [2.75, 3.05) is 31.2 Å². The molecule has 0 unspecified atom stereocenters.